The molecule has 116 valence electrons. The van der Waals surface area contributed by atoms with Gasteiger partial charge in [-0.25, -0.2) is 0 Å². The maximum atomic E-state index is 11.4. The number of carbonyl (C=O) groups is 2. The third-order valence-corrected chi connectivity index (χ3v) is 4.44. The van der Waals surface area contributed by atoms with E-state index in [0.29, 0.717) is 24.7 Å². The van der Waals surface area contributed by atoms with Crippen LogP contribution in [0.15, 0.2) is 0 Å². The topological polar surface area (TPSA) is 75.6 Å². The lowest BCUT2D eigenvalue weighted by molar-refractivity contribution is -0.142. The average molecular weight is 285 g/mol. The minimum atomic E-state index is -0.776. The Morgan fingerprint density at radius 2 is 2.10 bits per heavy atom. The van der Waals surface area contributed by atoms with Gasteiger partial charge in [0.05, 0.1) is 7.11 Å². The number of carbonyl (C=O) groups excluding carboxylic acids is 1. The minimum Gasteiger partial charge on any atom is -0.480 e. The normalized spacial score (nSPS) is 27.2. The van der Waals surface area contributed by atoms with Crippen molar-refractivity contribution < 1.29 is 19.4 Å². The summed E-state index contributed by atoms with van der Waals surface area (Å²) in [5.74, 6) is -0.358. The molecule has 0 radical (unpaired) electrons. The molecule has 0 spiro atoms. The maximum Gasteiger partial charge on any atom is 0.320 e. The molecule has 0 aromatic carbocycles. The lowest BCUT2D eigenvalue weighted by Crippen LogP contribution is -2.45. The molecule has 0 aliphatic heterocycles. The van der Waals surface area contributed by atoms with E-state index in [0.717, 1.165) is 25.7 Å². The highest BCUT2D eigenvalue weighted by atomic mass is 16.5. The van der Waals surface area contributed by atoms with Gasteiger partial charge in [-0.05, 0) is 31.1 Å². The van der Waals surface area contributed by atoms with Gasteiger partial charge in [-0.3, -0.25) is 9.59 Å². The van der Waals surface area contributed by atoms with Gasteiger partial charge in [0.1, 0.15) is 6.04 Å². The Labute approximate surface area is 121 Å². The van der Waals surface area contributed by atoms with Gasteiger partial charge >= 0.3 is 11.9 Å². The molecule has 1 rings (SSSR count). The van der Waals surface area contributed by atoms with Crippen molar-refractivity contribution in [2.24, 2.45) is 11.8 Å². The number of rotatable bonds is 8. The Kier molecular flexibility index (Phi) is 6.99. The van der Waals surface area contributed by atoms with Crippen molar-refractivity contribution in [3.8, 4) is 0 Å². The number of nitrogens with one attached hydrogen (secondary N) is 1. The molecule has 0 bridgehead atoms. The highest BCUT2D eigenvalue weighted by molar-refractivity contribution is 5.73. The fourth-order valence-corrected chi connectivity index (χ4v) is 3.01. The maximum absolute atomic E-state index is 11.4. The van der Waals surface area contributed by atoms with Gasteiger partial charge in [0.25, 0.3) is 0 Å². The summed E-state index contributed by atoms with van der Waals surface area (Å²) in [5, 5.41) is 12.5. The summed E-state index contributed by atoms with van der Waals surface area (Å²) < 4.78 is 4.71. The summed E-state index contributed by atoms with van der Waals surface area (Å²) in [4.78, 5) is 22.6. The molecule has 1 aliphatic rings. The van der Waals surface area contributed by atoms with Crippen molar-refractivity contribution in [2.75, 3.05) is 7.11 Å². The number of aliphatic carboxylic acids is 1. The molecular weight excluding hydrogens is 258 g/mol. The largest absolute Gasteiger partial charge is 0.480 e. The van der Waals surface area contributed by atoms with Crippen molar-refractivity contribution >= 4 is 11.9 Å². The zero-order valence-electron chi connectivity index (χ0n) is 12.7. The van der Waals surface area contributed by atoms with Crippen LogP contribution in [-0.4, -0.2) is 36.2 Å². The van der Waals surface area contributed by atoms with Crippen molar-refractivity contribution in [3.63, 3.8) is 0 Å². The quantitative estimate of drug-likeness (QED) is 0.669. The second kappa shape index (κ2) is 8.25. The van der Waals surface area contributed by atoms with Gasteiger partial charge in [0.15, 0.2) is 0 Å². The first-order valence-corrected chi connectivity index (χ1v) is 7.55. The van der Waals surface area contributed by atoms with Crippen LogP contribution in [0.2, 0.25) is 0 Å². The molecule has 0 aromatic heterocycles. The van der Waals surface area contributed by atoms with Crippen molar-refractivity contribution in [1.82, 2.24) is 5.32 Å². The molecule has 4 unspecified atom stereocenters. The molecule has 5 heteroatoms. The second-order valence-electron chi connectivity index (χ2n) is 5.78. The van der Waals surface area contributed by atoms with E-state index in [2.05, 4.69) is 19.2 Å². The van der Waals surface area contributed by atoms with Crippen LogP contribution in [-0.2, 0) is 14.3 Å². The van der Waals surface area contributed by atoms with E-state index in [1.54, 1.807) is 0 Å². The van der Waals surface area contributed by atoms with Crippen LogP contribution in [0.1, 0.15) is 52.4 Å². The fraction of sp³-hybridized carbons (Fsp3) is 0.867. The minimum absolute atomic E-state index is 0.178. The Morgan fingerprint density at radius 3 is 2.65 bits per heavy atom. The van der Waals surface area contributed by atoms with Crippen LogP contribution >= 0.6 is 0 Å². The number of hydrogen-bond donors (Lipinski definition) is 2. The predicted molar refractivity (Wildman–Crippen MR) is 76.4 cm³/mol. The van der Waals surface area contributed by atoms with Gasteiger partial charge in [-0.15, -0.1) is 0 Å². The van der Waals surface area contributed by atoms with Crippen molar-refractivity contribution in [2.45, 2.75) is 64.5 Å². The monoisotopic (exact) mass is 285 g/mol. The van der Waals surface area contributed by atoms with Crippen molar-refractivity contribution in [1.29, 1.82) is 0 Å². The standard InChI is InChI=1S/C15H27NO4/c1-4-5-6-13(15(18)19)16-12-8-7-11(10(12)2)9-14(17)20-3/h10-13,16H,4-9H2,1-3H3,(H,18,19). The molecule has 1 saturated carbocycles. The lowest BCUT2D eigenvalue weighted by Gasteiger charge is -2.25. The van der Waals surface area contributed by atoms with Gasteiger partial charge in [0.2, 0.25) is 0 Å². The van der Waals surface area contributed by atoms with Crippen molar-refractivity contribution in [3.05, 3.63) is 0 Å². The summed E-state index contributed by atoms with van der Waals surface area (Å²) >= 11 is 0. The summed E-state index contributed by atoms with van der Waals surface area (Å²) in [6.45, 7) is 4.15. The molecule has 0 aromatic rings. The van der Waals surface area contributed by atoms with Crippen LogP contribution in [0, 0.1) is 11.8 Å². The van der Waals surface area contributed by atoms with E-state index < -0.39 is 12.0 Å². The molecule has 2 N–H and O–H groups in total. The summed E-state index contributed by atoms with van der Waals surface area (Å²) in [6.07, 6.45) is 4.89. The first kappa shape index (κ1) is 17.0. The third-order valence-electron chi connectivity index (χ3n) is 4.44. The Morgan fingerprint density at radius 1 is 1.40 bits per heavy atom. The molecule has 5 nitrogen and oxygen atoms in total. The number of carboxylic acid groups (broad SMARTS) is 1. The third kappa shape index (κ3) is 4.78. The highest BCUT2D eigenvalue weighted by Crippen LogP contribution is 2.34. The lowest BCUT2D eigenvalue weighted by atomic mass is 9.92. The molecule has 0 amide bonds. The van der Waals surface area contributed by atoms with Crippen LogP contribution in [0.4, 0.5) is 0 Å². The van der Waals surface area contributed by atoms with Gasteiger partial charge in [-0.2, -0.15) is 0 Å². The van der Waals surface area contributed by atoms with Crippen LogP contribution < -0.4 is 5.32 Å². The first-order chi connectivity index (χ1) is 9.49. The SMILES string of the molecule is CCCCC(NC1CCC(CC(=O)OC)C1C)C(=O)O. The fourth-order valence-electron chi connectivity index (χ4n) is 3.01. The summed E-state index contributed by atoms with van der Waals surface area (Å²) in [7, 11) is 1.41. The van der Waals surface area contributed by atoms with E-state index >= 15 is 0 Å². The number of unbranched alkanes of at least 4 members (excludes halogenated alkanes) is 1. The van der Waals surface area contributed by atoms with E-state index in [1.165, 1.54) is 7.11 Å². The number of esters is 1. The Bertz CT molecular complexity index is 332. The Hall–Kier alpha value is -1.10. The smallest absolute Gasteiger partial charge is 0.320 e. The van der Waals surface area contributed by atoms with Gasteiger partial charge < -0.3 is 15.2 Å². The zero-order chi connectivity index (χ0) is 15.1. The molecule has 4 atom stereocenters. The van der Waals surface area contributed by atoms with Gasteiger partial charge in [-0.1, -0.05) is 26.7 Å². The molecule has 1 aliphatic carbocycles. The molecule has 0 saturated heterocycles. The van der Waals surface area contributed by atoms with E-state index in [9.17, 15) is 14.7 Å². The van der Waals surface area contributed by atoms with E-state index in [1.807, 2.05) is 0 Å². The molecule has 1 fully saturated rings. The highest BCUT2D eigenvalue weighted by Gasteiger charge is 2.36. The van der Waals surface area contributed by atoms with Gasteiger partial charge in [0, 0.05) is 12.5 Å². The Balaban J connectivity index is 2.51. The van der Waals surface area contributed by atoms with E-state index in [-0.39, 0.29) is 12.0 Å². The van der Waals surface area contributed by atoms with Crippen LogP contribution in [0.5, 0.6) is 0 Å². The molecule has 0 heterocycles. The van der Waals surface area contributed by atoms with Crippen LogP contribution in [0.3, 0.4) is 0 Å². The van der Waals surface area contributed by atoms with Crippen LogP contribution in [0.25, 0.3) is 0 Å². The number of methoxy groups -OCH3 is 1. The average Bonchev–Trinajstić information content (AvgIpc) is 2.75. The molecule has 20 heavy (non-hydrogen) atoms. The molecular formula is C15H27NO4. The summed E-state index contributed by atoms with van der Waals surface area (Å²) in [6, 6.07) is -0.290. The zero-order valence-corrected chi connectivity index (χ0v) is 12.7. The number of carboxylic acids is 1. The van der Waals surface area contributed by atoms with E-state index in [4.69, 9.17) is 4.74 Å². The summed E-state index contributed by atoms with van der Waals surface area (Å²) in [5.41, 5.74) is 0. The second-order valence-corrected chi connectivity index (χ2v) is 5.78. The number of hydrogen-bond acceptors (Lipinski definition) is 4. The number of ether oxygens (including phenoxy) is 1. The predicted octanol–water partition coefficient (Wildman–Crippen LogP) is 2.20. The first-order valence-electron chi connectivity index (χ1n) is 7.55.